The monoisotopic (exact) mass is 264 g/mol. The number of allylic oxidation sites excluding steroid dienone is 3. The summed E-state index contributed by atoms with van der Waals surface area (Å²) in [6, 6.07) is 0. The van der Waals surface area contributed by atoms with Crippen LogP contribution in [0.15, 0.2) is 24.4 Å². The van der Waals surface area contributed by atoms with Crippen LogP contribution in [0, 0.1) is 11.3 Å². The number of halogens is 3. The van der Waals surface area contributed by atoms with Gasteiger partial charge in [0, 0.05) is 17.2 Å². The van der Waals surface area contributed by atoms with E-state index in [1.165, 1.54) is 0 Å². The Kier molecular flexibility index (Phi) is 5.64. The molecule has 1 atom stereocenters. The van der Waals surface area contributed by atoms with Gasteiger partial charge in [0.15, 0.2) is 6.21 Å². The van der Waals surface area contributed by atoms with Crippen LogP contribution in [0.3, 0.4) is 0 Å². The number of rotatable bonds is 4. The van der Waals surface area contributed by atoms with E-state index in [4.69, 9.17) is 0 Å². The third-order valence-electron chi connectivity index (χ3n) is 2.92. The van der Waals surface area contributed by atoms with Gasteiger partial charge in [0.2, 0.25) is 0 Å². The Balaban J connectivity index is 4.97. The van der Waals surface area contributed by atoms with Crippen molar-refractivity contribution in [3.8, 4) is 0 Å². The van der Waals surface area contributed by atoms with Gasteiger partial charge in [0.25, 0.3) is 0 Å². The number of hydroxylamine groups is 1. The molecule has 104 valence electrons. The van der Waals surface area contributed by atoms with Gasteiger partial charge in [-0.25, -0.2) is 0 Å². The molecule has 0 radical (unpaired) electrons. The first kappa shape index (κ1) is 16.7. The first-order valence-corrected chi connectivity index (χ1v) is 5.71. The molecule has 0 heterocycles. The third kappa shape index (κ3) is 5.38. The molecule has 0 aromatic carbocycles. The molecular weight excluding hydrogens is 243 g/mol. The second kappa shape index (κ2) is 6.07. The van der Waals surface area contributed by atoms with E-state index in [0.29, 0.717) is 6.42 Å². The largest absolute Gasteiger partial charge is 0.482 e. The Morgan fingerprint density at radius 3 is 2.17 bits per heavy atom. The van der Waals surface area contributed by atoms with Crippen molar-refractivity contribution in [1.29, 1.82) is 0 Å². The highest BCUT2D eigenvalue weighted by Gasteiger charge is 2.44. The van der Waals surface area contributed by atoms with Crippen molar-refractivity contribution >= 4 is 6.21 Å². The predicted octanol–water partition coefficient (Wildman–Crippen LogP) is 4.16. The first-order valence-electron chi connectivity index (χ1n) is 5.71. The molecule has 5 heteroatoms. The smallest absolute Gasteiger partial charge is 0.285 e. The minimum Gasteiger partial charge on any atom is -0.285 e. The molecule has 0 rings (SSSR count). The molecule has 0 fully saturated rings. The van der Waals surface area contributed by atoms with Gasteiger partial charge in [-0.05, 0) is 11.3 Å². The summed E-state index contributed by atoms with van der Waals surface area (Å²) in [5.41, 5.74) is -1.17. The van der Waals surface area contributed by atoms with E-state index in [0.717, 1.165) is 18.4 Å². The van der Waals surface area contributed by atoms with Crippen molar-refractivity contribution < 1.29 is 23.1 Å². The summed E-state index contributed by atoms with van der Waals surface area (Å²) in [6.07, 6.45) is -1.39. The molecule has 0 aliphatic heterocycles. The van der Waals surface area contributed by atoms with E-state index in [2.05, 4.69) is 6.58 Å². The van der Waals surface area contributed by atoms with Gasteiger partial charge in [-0.3, -0.25) is 5.21 Å². The Morgan fingerprint density at radius 1 is 1.33 bits per heavy atom. The standard InChI is InChI=1S/C13H21F3NO/c1-6-7-11(13(14,15)16)17(18)9-8-10(2)12(3,4)5/h6-7,9-10,18H,1,8H2,2-5H3/q+1/b11-7-,17-9+/t10-/m1/s1. The lowest BCUT2D eigenvalue weighted by molar-refractivity contribution is -0.746. The molecule has 0 bridgehead atoms. The molecule has 0 aromatic heterocycles. The van der Waals surface area contributed by atoms with E-state index in [9.17, 15) is 18.4 Å². The number of hydrogen-bond acceptors (Lipinski definition) is 1. The van der Waals surface area contributed by atoms with Crippen LogP contribution in [0.1, 0.15) is 34.1 Å². The van der Waals surface area contributed by atoms with Crippen LogP contribution in [0.4, 0.5) is 13.2 Å². The van der Waals surface area contributed by atoms with E-state index in [1.807, 2.05) is 27.7 Å². The average molecular weight is 264 g/mol. The van der Waals surface area contributed by atoms with Crippen molar-refractivity contribution in [2.75, 3.05) is 0 Å². The van der Waals surface area contributed by atoms with E-state index >= 15 is 0 Å². The number of hydrogen-bond donors (Lipinski definition) is 1. The maximum atomic E-state index is 12.6. The zero-order valence-corrected chi connectivity index (χ0v) is 11.3. The molecular formula is C13H21F3NO+. The highest BCUT2D eigenvalue weighted by atomic mass is 19.4. The van der Waals surface area contributed by atoms with E-state index in [1.54, 1.807) is 0 Å². The topological polar surface area (TPSA) is 23.2 Å². The van der Waals surface area contributed by atoms with E-state index in [-0.39, 0.29) is 16.1 Å². The van der Waals surface area contributed by atoms with Gasteiger partial charge in [0.1, 0.15) is 0 Å². The Morgan fingerprint density at radius 2 is 1.83 bits per heavy atom. The lowest BCUT2D eigenvalue weighted by Crippen LogP contribution is -2.25. The molecule has 18 heavy (non-hydrogen) atoms. The summed E-state index contributed by atoms with van der Waals surface area (Å²) in [5, 5.41) is 9.43. The SMILES string of the molecule is C=C/C=C(\[N+](O)=C/C[C@@H](C)C(C)(C)C)C(F)(F)F. The van der Waals surface area contributed by atoms with Crippen molar-refractivity contribution in [3.05, 3.63) is 24.4 Å². The molecule has 0 aromatic rings. The van der Waals surface area contributed by atoms with Crippen LogP contribution in [0.25, 0.3) is 0 Å². The molecule has 0 aliphatic carbocycles. The van der Waals surface area contributed by atoms with Gasteiger partial charge in [0.05, 0.1) is 0 Å². The third-order valence-corrected chi connectivity index (χ3v) is 2.92. The molecule has 0 saturated heterocycles. The van der Waals surface area contributed by atoms with Crippen LogP contribution in [0.2, 0.25) is 0 Å². The maximum Gasteiger partial charge on any atom is 0.482 e. The summed E-state index contributed by atoms with van der Waals surface area (Å²) in [5.74, 6) is 0.144. The molecule has 0 spiro atoms. The minimum atomic E-state index is -4.61. The van der Waals surface area contributed by atoms with Gasteiger partial charge in [-0.2, -0.15) is 13.2 Å². The number of alkyl halides is 3. The summed E-state index contributed by atoms with van der Waals surface area (Å²) < 4.78 is 37.9. The lowest BCUT2D eigenvalue weighted by Gasteiger charge is -2.24. The minimum absolute atomic E-state index is 0.0299. The summed E-state index contributed by atoms with van der Waals surface area (Å²) in [4.78, 5) is 0. The van der Waals surface area contributed by atoms with Crippen molar-refractivity contribution in [3.63, 3.8) is 0 Å². The zero-order chi connectivity index (χ0) is 14.6. The molecule has 2 nitrogen and oxygen atoms in total. The fourth-order valence-corrected chi connectivity index (χ4v) is 1.12. The molecule has 0 aliphatic rings. The van der Waals surface area contributed by atoms with Gasteiger partial charge in [-0.15, -0.1) is 0 Å². The molecule has 0 saturated carbocycles. The van der Waals surface area contributed by atoms with Gasteiger partial charge >= 0.3 is 11.9 Å². The summed E-state index contributed by atoms with van der Waals surface area (Å²) >= 11 is 0. The number of nitrogens with zero attached hydrogens (tertiary/aromatic N) is 1. The second-order valence-corrected chi connectivity index (χ2v) is 5.32. The Labute approximate surface area is 106 Å². The van der Waals surface area contributed by atoms with Crippen LogP contribution in [-0.4, -0.2) is 22.3 Å². The van der Waals surface area contributed by atoms with Crippen LogP contribution >= 0.6 is 0 Å². The highest BCUT2D eigenvalue weighted by Crippen LogP contribution is 2.28. The molecule has 0 amide bonds. The predicted molar refractivity (Wildman–Crippen MR) is 65.7 cm³/mol. The van der Waals surface area contributed by atoms with Crippen molar-refractivity contribution in [2.24, 2.45) is 11.3 Å². The second-order valence-electron chi connectivity index (χ2n) is 5.32. The molecule has 0 unspecified atom stereocenters. The summed E-state index contributed by atoms with van der Waals surface area (Å²) in [7, 11) is 0. The average Bonchev–Trinajstić information content (AvgIpc) is 2.18. The molecule has 1 N–H and O–H groups in total. The maximum absolute atomic E-state index is 12.6. The quantitative estimate of drug-likeness (QED) is 0.266. The zero-order valence-electron chi connectivity index (χ0n) is 11.3. The van der Waals surface area contributed by atoms with Crippen LogP contribution < -0.4 is 0 Å². The first-order chi connectivity index (χ1) is 8.00. The Hall–Kier alpha value is -1.26. The fraction of sp³-hybridized carbons (Fsp3) is 0.615. The van der Waals surface area contributed by atoms with Gasteiger partial charge in [-0.1, -0.05) is 40.3 Å². The van der Waals surface area contributed by atoms with Crippen LogP contribution in [-0.2, 0) is 0 Å². The van der Waals surface area contributed by atoms with Crippen molar-refractivity contribution in [1.82, 2.24) is 0 Å². The lowest BCUT2D eigenvalue weighted by atomic mass is 9.80. The van der Waals surface area contributed by atoms with Gasteiger partial charge < -0.3 is 0 Å². The Bertz CT molecular complexity index is 348. The van der Waals surface area contributed by atoms with Crippen molar-refractivity contribution in [2.45, 2.75) is 40.3 Å². The van der Waals surface area contributed by atoms with Crippen LogP contribution in [0.5, 0.6) is 0 Å². The van der Waals surface area contributed by atoms with E-state index < -0.39 is 11.9 Å². The highest BCUT2D eigenvalue weighted by molar-refractivity contribution is 5.52. The fourth-order valence-electron chi connectivity index (χ4n) is 1.12. The summed E-state index contributed by atoms with van der Waals surface area (Å²) in [6.45, 7) is 11.1. The normalized spacial score (nSPS) is 16.6.